The third-order valence-electron chi connectivity index (χ3n) is 4.08. The molecule has 4 heteroatoms. The molecular weight excluding hydrogens is 248 g/mol. The van der Waals surface area contributed by atoms with Gasteiger partial charge >= 0.3 is 0 Å². The third kappa shape index (κ3) is 3.02. The topological polar surface area (TPSA) is 53.6 Å². The van der Waals surface area contributed by atoms with Gasteiger partial charge in [-0.2, -0.15) is 0 Å². The van der Waals surface area contributed by atoms with Crippen LogP contribution in [0.5, 0.6) is 0 Å². The second-order valence-corrected chi connectivity index (χ2v) is 5.61. The Morgan fingerprint density at radius 1 is 1.40 bits per heavy atom. The Kier molecular flexibility index (Phi) is 4.45. The maximum atomic E-state index is 5.87. The summed E-state index contributed by atoms with van der Waals surface area (Å²) in [5.41, 5.74) is 8.76. The van der Waals surface area contributed by atoms with Crippen molar-refractivity contribution in [3.8, 4) is 0 Å². The standard InChI is InChI=1S/C16H24N4/c1-4-9-18-15(17)19-12-16(20(2)3)10-13-7-5-6-8-14(13)11-16/h4-8H,1,9-12H2,2-3H3,(H3,17,18,19). The molecule has 20 heavy (non-hydrogen) atoms. The number of hydrogen-bond donors (Lipinski definition) is 2. The summed E-state index contributed by atoms with van der Waals surface area (Å²) in [6.45, 7) is 5.00. The molecule has 0 heterocycles. The predicted octanol–water partition coefficient (Wildman–Crippen LogP) is 1.18. The molecule has 0 saturated carbocycles. The first-order valence-electron chi connectivity index (χ1n) is 6.96. The summed E-state index contributed by atoms with van der Waals surface area (Å²) >= 11 is 0. The van der Waals surface area contributed by atoms with Gasteiger partial charge in [-0.05, 0) is 38.1 Å². The van der Waals surface area contributed by atoms with E-state index >= 15 is 0 Å². The summed E-state index contributed by atoms with van der Waals surface area (Å²) in [5.74, 6) is 0.488. The van der Waals surface area contributed by atoms with E-state index in [2.05, 4.69) is 60.1 Å². The van der Waals surface area contributed by atoms with E-state index in [1.54, 1.807) is 6.08 Å². The molecule has 4 nitrogen and oxygen atoms in total. The van der Waals surface area contributed by atoms with Crippen molar-refractivity contribution in [2.24, 2.45) is 10.7 Å². The largest absolute Gasteiger partial charge is 0.370 e. The number of fused-ring (bicyclic) bond motifs is 1. The molecule has 0 saturated heterocycles. The normalized spacial score (nSPS) is 17.1. The molecule has 108 valence electrons. The summed E-state index contributed by atoms with van der Waals surface area (Å²) < 4.78 is 0. The molecule has 1 aliphatic rings. The van der Waals surface area contributed by atoms with Crippen molar-refractivity contribution in [2.45, 2.75) is 18.4 Å². The van der Waals surface area contributed by atoms with Crippen LogP contribution in [0, 0.1) is 0 Å². The van der Waals surface area contributed by atoms with Crippen LogP contribution >= 0.6 is 0 Å². The van der Waals surface area contributed by atoms with Gasteiger partial charge in [-0.1, -0.05) is 30.3 Å². The minimum atomic E-state index is 0.0319. The number of nitrogens with zero attached hydrogens (tertiary/aromatic N) is 2. The molecule has 0 atom stereocenters. The van der Waals surface area contributed by atoms with E-state index in [0.717, 1.165) is 12.8 Å². The fourth-order valence-corrected chi connectivity index (χ4v) is 2.71. The summed E-state index contributed by atoms with van der Waals surface area (Å²) in [6.07, 6.45) is 3.82. The Morgan fingerprint density at radius 2 is 2.00 bits per heavy atom. The zero-order valence-electron chi connectivity index (χ0n) is 12.4. The first-order chi connectivity index (χ1) is 9.57. The average molecular weight is 272 g/mol. The molecule has 1 aliphatic carbocycles. The van der Waals surface area contributed by atoms with Crippen molar-refractivity contribution in [1.82, 2.24) is 10.2 Å². The van der Waals surface area contributed by atoms with E-state index in [4.69, 9.17) is 5.73 Å². The maximum absolute atomic E-state index is 5.87. The molecule has 0 bridgehead atoms. The molecule has 0 spiro atoms. The lowest BCUT2D eigenvalue weighted by Gasteiger charge is -2.35. The van der Waals surface area contributed by atoms with E-state index in [-0.39, 0.29) is 5.54 Å². The van der Waals surface area contributed by atoms with Crippen LogP contribution in [0.2, 0.25) is 0 Å². The van der Waals surface area contributed by atoms with Gasteiger partial charge in [-0.15, -0.1) is 6.58 Å². The van der Waals surface area contributed by atoms with Crippen molar-refractivity contribution in [3.05, 3.63) is 48.0 Å². The highest BCUT2D eigenvalue weighted by Gasteiger charge is 2.38. The van der Waals surface area contributed by atoms with Crippen molar-refractivity contribution < 1.29 is 0 Å². The number of nitrogens with one attached hydrogen (secondary N) is 1. The highest BCUT2D eigenvalue weighted by atomic mass is 15.2. The Labute approximate surface area is 121 Å². The van der Waals surface area contributed by atoms with Crippen LogP contribution in [0.15, 0.2) is 41.9 Å². The van der Waals surface area contributed by atoms with E-state index in [0.29, 0.717) is 19.0 Å². The summed E-state index contributed by atoms with van der Waals surface area (Å²) in [4.78, 5) is 6.79. The lowest BCUT2D eigenvalue weighted by molar-refractivity contribution is 0.171. The minimum Gasteiger partial charge on any atom is -0.370 e. The first kappa shape index (κ1) is 14.6. The molecule has 2 rings (SSSR count). The third-order valence-corrected chi connectivity index (χ3v) is 4.08. The van der Waals surface area contributed by atoms with E-state index in [9.17, 15) is 0 Å². The molecule has 0 unspecified atom stereocenters. The zero-order chi connectivity index (χ0) is 14.6. The molecular formula is C16H24N4. The first-order valence-corrected chi connectivity index (χ1v) is 6.96. The Morgan fingerprint density at radius 3 is 2.50 bits per heavy atom. The fraction of sp³-hybridized carbons (Fsp3) is 0.438. The van der Waals surface area contributed by atoms with Gasteiger partial charge in [0.2, 0.25) is 0 Å². The number of likely N-dealkylation sites (N-methyl/N-ethyl adjacent to an activating group) is 1. The van der Waals surface area contributed by atoms with E-state index in [1.165, 1.54) is 11.1 Å². The van der Waals surface area contributed by atoms with Crippen molar-refractivity contribution in [1.29, 1.82) is 0 Å². The van der Waals surface area contributed by atoms with Gasteiger partial charge in [0.15, 0.2) is 5.96 Å². The Balaban J connectivity index is 2.12. The molecule has 1 aromatic carbocycles. The van der Waals surface area contributed by atoms with Gasteiger partial charge < -0.3 is 16.0 Å². The van der Waals surface area contributed by atoms with Crippen LogP contribution < -0.4 is 11.1 Å². The summed E-state index contributed by atoms with van der Waals surface area (Å²) in [7, 11) is 4.24. The van der Waals surface area contributed by atoms with Gasteiger partial charge in [0.1, 0.15) is 0 Å². The van der Waals surface area contributed by atoms with Crippen LogP contribution in [0.4, 0.5) is 0 Å². The molecule has 0 fully saturated rings. The molecule has 1 aromatic rings. The summed E-state index contributed by atoms with van der Waals surface area (Å²) in [5, 5.41) is 3.02. The van der Waals surface area contributed by atoms with Gasteiger partial charge in [0, 0.05) is 12.1 Å². The number of hydrogen-bond acceptors (Lipinski definition) is 2. The van der Waals surface area contributed by atoms with Crippen LogP contribution in [-0.4, -0.2) is 43.6 Å². The average Bonchev–Trinajstić information content (AvgIpc) is 2.82. The number of benzene rings is 1. The lowest BCUT2D eigenvalue weighted by Crippen LogP contribution is -2.48. The van der Waals surface area contributed by atoms with Gasteiger partial charge in [0.05, 0.1) is 6.54 Å². The Hall–Kier alpha value is -1.81. The summed E-state index contributed by atoms with van der Waals surface area (Å²) in [6, 6.07) is 8.63. The number of aliphatic imine (C=N–C) groups is 1. The lowest BCUT2D eigenvalue weighted by atomic mass is 9.94. The molecule has 0 radical (unpaired) electrons. The number of guanidine groups is 1. The highest BCUT2D eigenvalue weighted by Crippen LogP contribution is 2.33. The predicted molar refractivity (Wildman–Crippen MR) is 85.0 cm³/mol. The van der Waals surface area contributed by atoms with Gasteiger partial charge in [0.25, 0.3) is 0 Å². The molecule has 0 aromatic heterocycles. The molecule has 3 N–H and O–H groups in total. The Bertz CT molecular complexity index is 480. The molecule has 0 amide bonds. The van der Waals surface area contributed by atoms with Crippen molar-refractivity contribution >= 4 is 5.96 Å². The van der Waals surface area contributed by atoms with Crippen molar-refractivity contribution in [2.75, 3.05) is 27.2 Å². The van der Waals surface area contributed by atoms with Crippen LogP contribution in [0.1, 0.15) is 11.1 Å². The van der Waals surface area contributed by atoms with Crippen LogP contribution in [-0.2, 0) is 12.8 Å². The SMILES string of the molecule is C=CCNC(N)=NCC1(N(C)C)Cc2ccccc2C1. The number of nitrogens with two attached hydrogens (primary N) is 1. The second-order valence-electron chi connectivity index (χ2n) is 5.61. The van der Waals surface area contributed by atoms with Gasteiger partial charge in [-0.3, -0.25) is 4.99 Å². The smallest absolute Gasteiger partial charge is 0.188 e. The maximum Gasteiger partial charge on any atom is 0.188 e. The monoisotopic (exact) mass is 272 g/mol. The quantitative estimate of drug-likeness (QED) is 0.481. The van der Waals surface area contributed by atoms with E-state index in [1.807, 2.05) is 0 Å². The zero-order valence-corrected chi connectivity index (χ0v) is 12.4. The van der Waals surface area contributed by atoms with Crippen LogP contribution in [0.25, 0.3) is 0 Å². The highest BCUT2D eigenvalue weighted by molar-refractivity contribution is 5.78. The fourth-order valence-electron chi connectivity index (χ4n) is 2.71. The van der Waals surface area contributed by atoms with Gasteiger partial charge in [-0.25, -0.2) is 0 Å². The van der Waals surface area contributed by atoms with Crippen molar-refractivity contribution in [3.63, 3.8) is 0 Å². The minimum absolute atomic E-state index is 0.0319. The van der Waals surface area contributed by atoms with Crippen LogP contribution in [0.3, 0.4) is 0 Å². The molecule has 0 aliphatic heterocycles. The van der Waals surface area contributed by atoms with E-state index < -0.39 is 0 Å². The second kappa shape index (κ2) is 6.09. The number of rotatable bonds is 5.